The minimum absolute atomic E-state index is 0. The zero-order valence-electron chi connectivity index (χ0n) is 15.2. The Labute approximate surface area is 179 Å². The molecule has 1 fully saturated rings. The fraction of sp³-hybridized carbons (Fsp3) is 0.471. The lowest BCUT2D eigenvalue weighted by molar-refractivity contribution is 0.639. The Morgan fingerprint density at radius 1 is 1.35 bits per heavy atom. The number of aliphatic imine (C=N–C) groups is 1. The molecular formula is C17H25BrIN7. The van der Waals surface area contributed by atoms with Gasteiger partial charge < -0.3 is 20.1 Å². The minimum atomic E-state index is 0. The van der Waals surface area contributed by atoms with Crippen molar-refractivity contribution in [2.75, 3.05) is 25.0 Å². The summed E-state index contributed by atoms with van der Waals surface area (Å²) >= 11 is 3.64. The number of anilines is 1. The van der Waals surface area contributed by atoms with E-state index in [-0.39, 0.29) is 24.0 Å². The van der Waals surface area contributed by atoms with Crippen LogP contribution in [0.2, 0.25) is 0 Å². The number of nitrogens with one attached hydrogen (secondary N) is 2. The van der Waals surface area contributed by atoms with Gasteiger partial charge >= 0.3 is 0 Å². The SMILES string of the molecule is CN=C(NCc1nnc(C)n1C)NC1CCN(c2ccccc2Br)C1.I. The molecule has 2 heterocycles. The quantitative estimate of drug-likeness (QED) is 0.359. The van der Waals surface area contributed by atoms with Gasteiger partial charge in [-0.1, -0.05) is 12.1 Å². The number of para-hydroxylation sites is 1. The molecule has 0 amide bonds. The molecule has 0 spiro atoms. The lowest BCUT2D eigenvalue weighted by Gasteiger charge is -2.21. The van der Waals surface area contributed by atoms with Gasteiger partial charge in [0.2, 0.25) is 0 Å². The van der Waals surface area contributed by atoms with Crippen LogP contribution in [0.15, 0.2) is 33.7 Å². The summed E-state index contributed by atoms with van der Waals surface area (Å²) in [5.41, 5.74) is 1.24. The maximum absolute atomic E-state index is 4.33. The fourth-order valence-corrected chi connectivity index (χ4v) is 3.50. The smallest absolute Gasteiger partial charge is 0.191 e. The van der Waals surface area contributed by atoms with E-state index in [1.54, 1.807) is 7.05 Å². The highest BCUT2D eigenvalue weighted by molar-refractivity contribution is 14.0. The Morgan fingerprint density at radius 2 is 2.12 bits per heavy atom. The van der Waals surface area contributed by atoms with Crippen LogP contribution in [-0.2, 0) is 13.6 Å². The standard InChI is InChI=1S/C17H24BrN7.HI/c1-12-22-23-16(24(12)3)10-20-17(19-2)21-13-8-9-25(11-13)15-7-5-4-6-14(15)18;/h4-7,13H,8-11H2,1-3H3,(H2,19,20,21);1H. The third kappa shape index (κ3) is 4.87. The molecule has 142 valence electrons. The van der Waals surface area contributed by atoms with Crippen LogP contribution in [0, 0.1) is 6.92 Å². The molecule has 1 atom stereocenters. The van der Waals surface area contributed by atoms with Crippen LogP contribution in [0.25, 0.3) is 0 Å². The fourth-order valence-electron chi connectivity index (χ4n) is 2.96. The van der Waals surface area contributed by atoms with Crippen molar-refractivity contribution < 1.29 is 0 Å². The summed E-state index contributed by atoms with van der Waals surface area (Å²) in [6.45, 7) is 4.52. The normalized spacial score (nSPS) is 17.2. The molecule has 2 aromatic rings. The zero-order chi connectivity index (χ0) is 17.8. The molecule has 1 aromatic heterocycles. The van der Waals surface area contributed by atoms with Crippen LogP contribution in [0.1, 0.15) is 18.1 Å². The zero-order valence-corrected chi connectivity index (χ0v) is 19.2. The van der Waals surface area contributed by atoms with Crippen LogP contribution >= 0.6 is 39.9 Å². The molecule has 1 unspecified atom stereocenters. The second-order valence-electron chi connectivity index (χ2n) is 6.18. The van der Waals surface area contributed by atoms with E-state index >= 15 is 0 Å². The van der Waals surface area contributed by atoms with Crippen molar-refractivity contribution in [3.05, 3.63) is 40.4 Å². The Kier molecular flexibility index (Phi) is 7.69. The van der Waals surface area contributed by atoms with Crippen molar-refractivity contribution in [2.45, 2.75) is 25.9 Å². The average Bonchev–Trinajstić information content (AvgIpc) is 3.20. The van der Waals surface area contributed by atoms with Gasteiger partial charge in [-0.25, -0.2) is 0 Å². The van der Waals surface area contributed by atoms with E-state index in [1.807, 2.05) is 24.6 Å². The topological polar surface area (TPSA) is 70.4 Å². The van der Waals surface area contributed by atoms with Gasteiger partial charge in [0.15, 0.2) is 11.8 Å². The van der Waals surface area contributed by atoms with E-state index in [0.717, 1.165) is 41.6 Å². The van der Waals surface area contributed by atoms with Crippen LogP contribution in [-0.4, -0.2) is 46.9 Å². The summed E-state index contributed by atoms with van der Waals surface area (Å²) in [4.78, 5) is 6.72. The van der Waals surface area contributed by atoms with Crippen LogP contribution in [0.3, 0.4) is 0 Å². The van der Waals surface area contributed by atoms with Crippen molar-refractivity contribution in [3.8, 4) is 0 Å². The molecular weight excluding hydrogens is 509 g/mol. The van der Waals surface area contributed by atoms with E-state index in [9.17, 15) is 0 Å². The minimum Gasteiger partial charge on any atom is -0.368 e. The first-order chi connectivity index (χ1) is 12.1. The summed E-state index contributed by atoms with van der Waals surface area (Å²) in [7, 11) is 3.76. The Morgan fingerprint density at radius 3 is 2.77 bits per heavy atom. The Balaban J connectivity index is 0.00000243. The Bertz CT molecular complexity index is 761. The summed E-state index contributed by atoms with van der Waals surface area (Å²) in [6, 6.07) is 8.71. The van der Waals surface area contributed by atoms with Gasteiger partial charge in [-0.05, 0) is 41.4 Å². The summed E-state index contributed by atoms with van der Waals surface area (Å²) in [5, 5.41) is 15.1. The van der Waals surface area contributed by atoms with Crippen molar-refractivity contribution in [2.24, 2.45) is 12.0 Å². The van der Waals surface area contributed by atoms with Gasteiger partial charge in [-0.15, -0.1) is 34.2 Å². The average molecular weight is 534 g/mol. The molecule has 1 aliphatic heterocycles. The first kappa shape index (κ1) is 20.9. The highest BCUT2D eigenvalue weighted by Gasteiger charge is 2.24. The molecule has 1 aliphatic rings. The van der Waals surface area contributed by atoms with E-state index in [2.05, 4.69) is 64.9 Å². The third-order valence-corrected chi connectivity index (χ3v) is 5.21. The lowest BCUT2D eigenvalue weighted by atomic mass is 10.3. The second-order valence-corrected chi connectivity index (χ2v) is 7.03. The first-order valence-corrected chi connectivity index (χ1v) is 9.19. The van der Waals surface area contributed by atoms with Gasteiger partial charge in [0.1, 0.15) is 5.82 Å². The van der Waals surface area contributed by atoms with Crippen molar-refractivity contribution in [3.63, 3.8) is 0 Å². The summed E-state index contributed by atoms with van der Waals surface area (Å²) in [6.07, 6.45) is 1.07. The highest BCUT2D eigenvalue weighted by Crippen LogP contribution is 2.28. The molecule has 1 saturated heterocycles. The predicted molar refractivity (Wildman–Crippen MR) is 119 cm³/mol. The molecule has 26 heavy (non-hydrogen) atoms. The maximum atomic E-state index is 4.33. The molecule has 0 bridgehead atoms. The molecule has 0 aliphatic carbocycles. The van der Waals surface area contributed by atoms with Gasteiger partial charge in [0.05, 0.1) is 12.2 Å². The largest absolute Gasteiger partial charge is 0.368 e. The third-order valence-electron chi connectivity index (χ3n) is 4.54. The van der Waals surface area contributed by atoms with Crippen molar-refractivity contribution in [1.82, 2.24) is 25.4 Å². The first-order valence-electron chi connectivity index (χ1n) is 8.40. The van der Waals surface area contributed by atoms with Crippen LogP contribution in [0.5, 0.6) is 0 Å². The number of guanidine groups is 1. The molecule has 1 aromatic carbocycles. The summed E-state index contributed by atoms with van der Waals surface area (Å²) < 4.78 is 3.11. The molecule has 7 nitrogen and oxygen atoms in total. The number of aromatic nitrogens is 3. The van der Waals surface area contributed by atoms with Gasteiger partial charge in [0, 0.05) is 37.7 Å². The summed E-state index contributed by atoms with van der Waals surface area (Å²) in [5.74, 6) is 2.58. The Hall–Kier alpha value is -1.36. The van der Waals surface area contributed by atoms with Crippen molar-refractivity contribution >= 4 is 51.6 Å². The highest BCUT2D eigenvalue weighted by atomic mass is 127. The van der Waals surface area contributed by atoms with Crippen molar-refractivity contribution in [1.29, 1.82) is 0 Å². The number of benzene rings is 1. The van der Waals surface area contributed by atoms with Crippen LogP contribution < -0.4 is 15.5 Å². The molecule has 0 saturated carbocycles. The number of nitrogens with zero attached hydrogens (tertiary/aromatic N) is 5. The van der Waals surface area contributed by atoms with Gasteiger partial charge in [0.25, 0.3) is 0 Å². The maximum Gasteiger partial charge on any atom is 0.191 e. The van der Waals surface area contributed by atoms with Gasteiger partial charge in [-0.2, -0.15) is 0 Å². The van der Waals surface area contributed by atoms with E-state index in [0.29, 0.717) is 12.6 Å². The van der Waals surface area contributed by atoms with E-state index in [1.165, 1.54) is 5.69 Å². The molecule has 9 heteroatoms. The van der Waals surface area contributed by atoms with E-state index < -0.39 is 0 Å². The molecule has 2 N–H and O–H groups in total. The second kappa shape index (κ2) is 9.54. The predicted octanol–water partition coefficient (Wildman–Crippen LogP) is 2.45. The monoisotopic (exact) mass is 533 g/mol. The van der Waals surface area contributed by atoms with E-state index in [4.69, 9.17) is 0 Å². The molecule has 3 rings (SSSR count). The number of hydrogen-bond acceptors (Lipinski definition) is 4. The number of halogens is 2. The van der Waals surface area contributed by atoms with Gasteiger partial charge in [-0.3, -0.25) is 4.99 Å². The number of rotatable bonds is 4. The number of aryl methyl sites for hydroxylation is 1. The molecule has 0 radical (unpaired) electrons. The van der Waals surface area contributed by atoms with Crippen LogP contribution in [0.4, 0.5) is 5.69 Å². The number of hydrogen-bond donors (Lipinski definition) is 2. The lowest BCUT2D eigenvalue weighted by Crippen LogP contribution is -2.44.